The molecule has 1 fully saturated rings. The van der Waals surface area contributed by atoms with E-state index in [9.17, 15) is 0 Å². The standard InChI is InChI=1S/C19H43N3OSi/c1-6-10-20(11-7-2)13-16-22-17-14-21(15-18-22)12-9-19-24(4,5)23-8-3/h6-19H2,1-5H3. The topological polar surface area (TPSA) is 19.0 Å². The van der Waals surface area contributed by atoms with Crippen molar-refractivity contribution in [1.29, 1.82) is 0 Å². The van der Waals surface area contributed by atoms with Gasteiger partial charge in [0.1, 0.15) is 0 Å². The zero-order chi connectivity index (χ0) is 17.8. The van der Waals surface area contributed by atoms with Crippen LogP contribution in [0, 0.1) is 0 Å². The molecule has 0 aromatic rings. The van der Waals surface area contributed by atoms with Crippen molar-refractivity contribution in [2.45, 2.75) is 59.2 Å². The van der Waals surface area contributed by atoms with Crippen LogP contribution < -0.4 is 0 Å². The second-order valence-corrected chi connectivity index (χ2v) is 12.1. The molecule has 0 atom stereocenters. The van der Waals surface area contributed by atoms with E-state index < -0.39 is 8.32 Å². The first kappa shape index (κ1) is 22.1. The second-order valence-electron chi connectivity index (χ2n) is 7.82. The van der Waals surface area contributed by atoms with Gasteiger partial charge in [-0.2, -0.15) is 0 Å². The molecule has 0 aromatic carbocycles. The first-order chi connectivity index (χ1) is 11.5. The van der Waals surface area contributed by atoms with Crippen molar-refractivity contribution < 1.29 is 4.43 Å². The lowest BCUT2D eigenvalue weighted by molar-refractivity contribution is 0.118. The summed E-state index contributed by atoms with van der Waals surface area (Å²) in [4.78, 5) is 7.95. The summed E-state index contributed by atoms with van der Waals surface area (Å²) >= 11 is 0. The van der Waals surface area contributed by atoms with E-state index >= 15 is 0 Å². The minimum Gasteiger partial charge on any atom is -0.418 e. The predicted molar refractivity (Wildman–Crippen MR) is 108 cm³/mol. The molecule has 24 heavy (non-hydrogen) atoms. The molecule has 0 N–H and O–H groups in total. The van der Waals surface area contributed by atoms with E-state index in [-0.39, 0.29) is 0 Å². The van der Waals surface area contributed by atoms with E-state index in [0.717, 1.165) is 6.61 Å². The lowest BCUT2D eigenvalue weighted by Crippen LogP contribution is -2.48. The Kier molecular flexibility index (Phi) is 11.4. The highest BCUT2D eigenvalue weighted by Crippen LogP contribution is 2.14. The summed E-state index contributed by atoms with van der Waals surface area (Å²) < 4.78 is 5.94. The third-order valence-corrected chi connectivity index (χ3v) is 7.69. The molecule has 1 saturated heterocycles. The summed E-state index contributed by atoms with van der Waals surface area (Å²) in [6, 6.07) is 1.30. The van der Waals surface area contributed by atoms with Crippen LogP contribution in [-0.4, -0.2) is 88.5 Å². The van der Waals surface area contributed by atoms with Gasteiger partial charge in [-0.05, 0) is 65.0 Å². The van der Waals surface area contributed by atoms with Crippen molar-refractivity contribution in [2.75, 3.05) is 65.5 Å². The third kappa shape index (κ3) is 9.52. The van der Waals surface area contributed by atoms with Crippen molar-refractivity contribution in [1.82, 2.24) is 14.7 Å². The smallest absolute Gasteiger partial charge is 0.186 e. The van der Waals surface area contributed by atoms with E-state index in [0.29, 0.717) is 0 Å². The summed E-state index contributed by atoms with van der Waals surface area (Å²) in [5.74, 6) is 0. The van der Waals surface area contributed by atoms with Gasteiger partial charge in [0.05, 0.1) is 0 Å². The molecule has 0 saturated carbocycles. The zero-order valence-electron chi connectivity index (χ0n) is 17.1. The van der Waals surface area contributed by atoms with Gasteiger partial charge in [-0.25, -0.2) is 0 Å². The van der Waals surface area contributed by atoms with Crippen LogP contribution in [0.5, 0.6) is 0 Å². The van der Waals surface area contributed by atoms with E-state index in [1.807, 2.05) is 0 Å². The van der Waals surface area contributed by atoms with Gasteiger partial charge < -0.3 is 14.2 Å². The molecule has 0 bridgehead atoms. The largest absolute Gasteiger partial charge is 0.418 e. The number of hydrogen-bond acceptors (Lipinski definition) is 4. The van der Waals surface area contributed by atoms with Gasteiger partial charge >= 0.3 is 0 Å². The van der Waals surface area contributed by atoms with Gasteiger partial charge in [0, 0.05) is 45.9 Å². The highest BCUT2D eigenvalue weighted by atomic mass is 28.4. The fraction of sp³-hybridized carbons (Fsp3) is 1.00. The number of piperazine rings is 1. The Balaban J connectivity index is 2.15. The van der Waals surface area contributed by atoms with Gasteiger partial charge in [0.25, 0.3) is 0 Å². The molecule has 0 aliphatic carbocycles. The summed E-state index contributed by atoms with van der Waals surface area (Å²) in [7, 11) is -1.39. The van der Waals surface area contributed by atoms with Crippen LogP contribution in [-0.2, 0) is 4.43 Å². The van der Waals surface area contributed by atoms with Crippen LogP contribution in [0.25, 0.3) is 0 Å². The van der Waals surface area contributed by atoms with E-state index in [1.165, 1.54) is 84.2 Å². The van der Waals surface area contributed by atoms with Gasteiger partial charge in [-0.1, -0.05) is 13.8 Å². The average Bonchev–Trinajstić information content (AvgIpc) is 2.54. The summed E-state index contributed by atoms with van der Waals surface area (Å²) in [6.07, 6.45) is 3.85. The molecule has 1 heterocycles. The number of rotatable bonds is 13. The van der Waals surface area contributed by atoms with Crippen LogP contribution in [0.2, 0.25) is 19.1 Å². The molecule has 0 spiro atoms. The normalized spacial score (nSPS) is 17.8. The Morgan fingerprint density at radius 2 is 1.38 bits per heavy atom. The maximum Gasteiger partial charge on any atom is 0.186 e. The fourth-order valence-electron chi connectivity index (χ4n) is 3.68. The molecule has 0 amide bonds. The van der Waals surface area contributed by atoms with Crippen LogP contribution in [0.3, 0.4) is 0 Å². The van der Waals surface area contributed by atoms with Crippen LogP contribution in [0.4, 0.5) is 0 Å². The highest BCUT2D eigenvalue weighted by molar-refractivity contribution is 6.71. The number of nitrogens with zero attached hydrogens (tertiary/aromatic N) is 3. The van der Waals surface area contributed by atoms with Gasteiger partial charge in [-0.3, -0.25) is 4.90 Å². The van der Waals surface area contributed by atoms with Gasteiger partial charge in [0.15, 0.2) is 8.32 Å². The van der Waals surface area contributed by atoms with Crippen molar-refractivity contribution in [2.24, 2.45) is 0 Å². The summed E-state index contributed by atoms with van der Waals surface area (Å²) in [5, 5.41) is 0. The van der Waals surface area contributed by atoms with Crippen LogP contribution >= 0.6 is 0 Å². The first-order valence-electron chi connectivity index (χ1n) is 10.3. The van der Waals surface area contributed by atoms with E-state index in [1.54, 1.807) is 0 Å². The van der Waals surface area contributed by atoms with Gasteiger partial charge in [-0.15, -0.1) is 0 Å². The Morgan fingerprint density at radius 1 is 0.833 bits per heavy atom. The predicted octanol–water partition coefficient (Wildman–Crippen LogP) is 3.36. The third-order valence-electron chi connectivity index (χ3n) is 5.07. The molecule has 4 nitrogen and oxygen atoms in total. The Labute approximate surface area is 152 Å². The monoisotopic (exact) mass is 357 g/mol. The number of hydrogen-bond donors (Lipinski definition) is 0. The molecular formula is C19H43N3OSi. The molecule has 5 heteroatoms. The average molecular weight is 358 g/mol. The van der Waals surface area contributed by atoms with Crippen LogP contribution in [0.15, 0.2) is 0 Å². The zero-order valence-corrected chi connectivity index (χ0v) is 18.1. The van der Waals surface area contributed by atoms with Crippen molar-refractivity contribution >= 4 is 8.32 Å². The molecule has 0 aromatic heterocycles. The fourth-order valence-corrected chi connectivity index (χ4v) is 5.61. The summed E-state index contributed by atoms with van der Waals surface area (Å²) in [6.45, 7) is 23.5. The Hall–Kier alpha value is 0.0569. The minimum atomic E-state index is -1.39. The molecule has 0 unspecified atom stereocenters. The molecule has 1 aliphatic rings. The van der Waals surface area contributed by atoms with Crippen molar-refractivity contribution in [3.05, 3.63) is 0 Å². The maximum absolute atomic E-state index is 5.94. The SMILES string of the molecule is CCCN(CCC)CCN1CCN(CCC[Si](C)(C)OCC)CC1. The molecule has 0 radical (unpaired) electrons. The van der Waals surface area contributed by atoms with Gasteiger partial charge in [0.2, 0.25) is 0 Å². The molecular weight excluding hydrogens is 314 g/mol. The lowest BCUT2D eigenvalue weighted by atomic mass is 10.3. The van der Waals surface area contributed by atoms with Crippen molar-refractivity contribution in [3.8, 4) is 0 Å². The van der Waals surface area contributed by atoms with E-state index in [2.05, 4.69) is 48.6 Å². The Bertz CT molecular complexity index is 301. The van der Waals surface area contributed by atoms with Crippen molar-refractivity contribution in [3.63, 3.8) is 0 Å². The quantitative estimate of drug-likeness (QED) is 0.470. The summed E-state index contributed by atoms with van der Waals surface area (Å²) in [5.41, 5.74) is 0. The molecule has 144 valence electrons. The molecule has 1 rings (SSSR count). The maximum atomic E-state index is 5.94. The minimum absolute atomic E-state index is 0.880. The molecule has 1 aliphatic heterocycles. The first-order valence-corrected chi connectivity index (χ1v) is 13.4. The Morgan fingerprint density at radius 3 is 1.88 bits per heavy atom. The second kappa shape index (κ2) is 12.4. The van der Waals surface area contributed by atoms with Crippen LogP contribution in [0.1, 0.15) is 40.0 Å². The van der Waals surface area contributed by atoms with E-state index in [4.69, 9.17) is 4.43 Å². The lowest BCUT2D eigenvalue weighted by Gasteiger charge is -2.36. The highest BCUT2D eigenvalue weighted by Gasteiger charge is 2.22.